The van der Waals surface area contributed by atoms with Gasteiger partial charge in [-0.3, -0.25) is 4.79 Å². The lowest BCUT2D eigenvalue weighted by Crippen LogP contribution is -2.41. The minimum Gasteiger partial charge on any atom is -0.396 e. The summed E-state index contributed by atoms with van der Waals surface area (Å²) in [6.07, 6.45) is 4.88. The van der Waals surface area contributed by atoms with Crippen LogP contribution in [0.3, 0.4) is 0 Å². The number of nitrogens with zero attached hydrogens (tertiary/aromatic N) is 5. The van der Waals surface area contributed by atoms with E-state index < -0.39 is 0 Å². The molecule has 1 unspecified atom stereocenters. The second-order valence-electron chi connectivity index (χ2n) is 5.17. The van der Waals surface area contributed by atoms with Crippen molar-refractivity contribution < 1.29 is 9.90 Å². The predicted molar refractivity (Wildman–Crippen MR) is 71.2 cm³/mol. The molecular formula is C13H17N5O2. The smallest absolute Gasteiger partial charge is 0.257 e. The molecule has 20 heavy (non-hydrogen) atoms. The van der Waals surface area contributed by atoms with E-state index in [1.54, 1.807) is 15.6 Å². The molecule has 3 rings (SSSR count). The quantitative estimate of drug-likeness (QED) is 0.851. The zero-order chi connectivity index (χ0) is 14.1. The first kappa shape index (κ1) is 13.0. The third-order valence-electron chi connectivity index (χ3n) is 3.84. The molecule has 7 nitrogen and oxygen atoms in total. The minimum absolute atomic E-state index is 0.0504. The molecule has 0 aliphatic carbocycles. The van der Waals surface area contributed by atoms with Crippen LogP contribution < -0.4 is 0 Å². The number of hydrogen-bond donors (Lipinski definition) is 1. The van der Waals surface area contributed by atoms with Crippen LogP contribution in [0.5, 0.6) is 0 Å². The van der Waals surface area contributed by atoms with Crippen molar-refractivity contribution in [2.75, 3.05) is 19.7 Å². The molecule has 0 bridgehead atoms. The summed E-state index contributed by atoms with van der Waals surface area (Å²) in [4.78, 5) is 22.5. The molecule has 1 aliphatic rings. The Morgan fingerprint density at radius 2 is 2.35 bits per heavy atom. The fourth-order valence-electron chi connectivity index (χ4n) is 2.67. The number of likely N-dealkylation sites (tertiary alicyclic amines) is 1. The second-order valence-corrected chi connectivity index (χ2v) is 5.17. The number of fused-ring (bicyclic) bond motifs is 1. The summed E-state index contributed by atoms with van der Waals surface area (Å²) in [5.74, 6) is 0.618. The number of carbonyl (C=O) groups is 1. The van der Waals surface area contributed by atoms with Crippen LogP contribution in [0.25, 0.3) is 5.78 Å². The largest absolute Gasteiger partial charge is 0.396 e. The van der Waals surface area contributed by atoms with Crippen molar-refractivity contribution in [3.63, 3.8) is 0 Å². The number of aliphatic hydroxyl groups is 1. The van der Waals surface area contributed by atoms with E-state index in [1.165, 1.54) is 6.33 Å². The Hall–Kier alpha value is -2.02. The number of carbonyl (C=O) groups excluding carboxylic acids is 1. The van der Waals surface area contributed by atoms with E-state index in [0.717, 1.165) is 25.1 Å². The number of piperidine rings is 1. The van der Waals surface area contributed by atoms with Gasteiger partial charge in [0.2, 0.25) is 0 Å². The standard InChI is InChI=1S/C13H17N5O2/c1-9-11(5-14-13-15-8-16-18(9)13)12(20)17-4-2-3-10(6-17)7-19/h5,8,10,19H,2-4,6-7H2,1H3. The van der Waals surface area contributed by atoms with Gasteiger partial charge in [-0.1, -0.05) is 0 Å². The van der Waals surface area contributed by atoms with Crippen LogP contribution >= 0.6 is 0 Å². The molecule has 2 aromatic rings. The van der Waals surface area contributed by atoms with Gasteiger partial charge in [-0.2, -0.15) is 10.1 Å². The third-order valence-corrected chi connectivity index (χ3v) is 3.84. The molecule has 0 saturated carbocycles. The Labute approximate surface area is 116 Å². The fraction of sp³-hybridized carbons (Fsp3) is 0.538. The summed E-state index contributed by atoms with van der Waals surface area (Å²) >= 11 is 0. The highest BCUT2D eigenvalue weighted by Gasteiger charge is 2.25. The number of amides is 1. The molecule has 1 aliphatic heterocycles. The van der Waals surface area contributed by atoms with Crippen molar-refractivity contribution in [1.82, 2.24) is 24.5 Å². The summed E-state index contributed by atoms with van der Waals surface area (Å²) in [5, 5.41) is 13.3. The topological polar surface area (TPSA) is 83.6 Å². The van der Waals surface area contributed by atoms with Crippen LogP contribution in [0.2, 0.25) is 0 Å². The highest BCUT2D eigenvalue weighted by atomic mass is 16.3. The molecule has 1 atom stereocenters. The zero-order valence-electron chi connectivity index (χ0n) is 11.4. The molecule has 1 fully saturated rings. The maximum Gasteiger partial charge on any atom is 0.257 e. The van der Waals surface area contributed by atoms with Gasteiger partial charge in [0.15, 0.2) is 0 Å². The van der Waals surface area contributed by atoms with Gasteiger partial charge in [-0.15, -0.1) is 0 Å². The molecule has 1 amide bonds. The van der Waals surface area contributed by atoms with E-state index >= 15 is 0 Å². The first-order valence-corrected chi connectivity index (χ1v) is 6.76. The van der Waals surface area contributed by atoms with E-state index in [2.05, 4.69) is 15.1 Å². The maximum absolute atomic E-state index is 12.6. The van der Waals surface area contributed by atoms with Crippen LogP contribution in [0.4, 0.5) is 0 Å². The Morgan fingerprint density at radius 1 is 1.50 bits per heavy atom. The summed E-state index contributed by atoms with van der Waals surface area (Å²) < 4.78 is 1.57. The van der Waals surface area contributed by atoms with E-state index in [-0.39, 0.29) is 18.4 Å². The van der Waals surface area contributed by atoms with Crippen LogP contribution in [0.15, 0.2) is 12.5 Å². The highest BCUT2D eigenvalue weighted by molar-refractivity contribution is 5.95. The Kier molecular flexibility index (Phi) is 3.35. The van der Waals surface area contributed by atoms with Crippen molar-refractivity contribution in [2.45, 2.75) is 19.8 Å². The number of aliphatic hydroxyl groups excluding tert-OH is 1. The van der Waals surface area contributed by atoms with Gasteiger partial charge in [0, 0.05) is 25.9 Å². The number of aromatic nitrogens is 4. The highest BCUT2D eigenvalue weighted by Crippen LogP contribution is 2.19. The maximum atomic E-state index is 12.6. The van der Waals surface area contributed by atoms with E-state index in [9.17, 15) is 9.90 Å². The molecule has 7 heteroatoms. The zero-order valence-corrected chi connectivity index (χ0v) is 11.4. The first-order chi connectivity index (χ1) is 9.70. The summed E-state index contributed by atoms with van der Waals surface area (Å²) in [6.45, 7) is 3.29. The molecule has 106 valence electrons. The van der Waals surface area contributed by atoms with Gasteiger partial charge in [-0.25, -0.2) is 9.50 Å². The van der Waals surface area contributed by atoms with Gasteiger partial charge in [-0.05, 0) is 25.7 Å². The van der Waals surface area contributed by atoms with Crippen LogP contribution in [-0.4, -0.2) is 55.2 Å². The average Bonchev–Trinajstić information content (AvgIpc) is 2.96. The Morgan fingerprint density at radius 3 is 3.15 bits per heavy atom. The number of hydrogen-bond acceptors (Lipinski definition) is 5. The second kappa shape index (κ2) is 5.16. The SMILES string of the molecule is Cc1c(C(=O)N2CCCC(CO)C2)cnc2ncnn12. The van der Waals surface area contributed by atoms with Crippen molar-refractivity contribution in [3.8, 4) is 0 Å². The Bertz CT molecular complexity index is 639. The van der Waals surface area contributed by atoms with E-state index in [1.807, 2.05) is 6.92 Å². The Balaban J connectivity index is 1.90. The first-order valence-electron chi connectivity index (χ1n) is 6.76. The van der Waals surface area contributed by atoms with E-state index in [4.69, 9.17) is 0 Å². The molecule has 2 aromatic heterocycles. The van der Waals surface area contributed by atoms with Gasteiger partial charge in [0.05, 0.1) is 11.3 Å². The lowest BCUT2D eigenvalue weighted by Gasteiger charge is -2.32. The molecule has 0 radical (unpaired) electrons. The van der Waals surface area contributed by atoms with Crippen LogP contribution in [-0.2, 0) is 0 Å². The third kappa shape index (κ3) is 2.14. The summed E-state index contributed by atoms with van der Waals surface area (Å²) in [6, 6.07) is 0. The summed E-state index contributed by atoms with van der Waals surface area (Å²) in [5.41, 5.74) is 1.28. The van der Waals surface area contributed by atoms with Gasteiger partial charge in [0.25, 0.3) is 11.7 Å². The normalized spacial score (nSPS) is 19.5. The monoisotopic (exact) mass is 275 g/mol. The van der Waals surface area contributed by atoms with Crippen LogP contribution in [0, 0.1) is 12.8 Å². The summed E-state index contributed by atoms with van der Waals surface area (Å²) in [7, 11) is 0. The van der Waals surface area contributed by atoms with Gasteiger partial charge >= 0.3 is 0 Å². The average molecular weight is 275 g/mol. The molecule has 0 spiro atoms. The van der Waals surface area contributed by atoms with Crippen molar-refractivity contribution in [3.05, 3.63) is 23.8 Å². The number of aryl methyl sites for hydroxylation is 1. The molecule has 3 heterocycles. The van der Waals surface area contributed by atoms with Crippen LogP contribution in [0.1, 0.15) is 28.9 Å². The minimum atomic E-state index is -0.0504. The molecule has 1 saturated heterocycles. The predicted octanol–water partition coefficient (Wildman–Crippen LogP) is 0.277. The lowest BCUT2D eigenvalue weighted by molar-refractivity contribution is 0.0619. The fourth-order valence-corrected chi connectivity index (χ4v) is 2.67. The van der Waals surface area contributed by atoms with Crippen molar-refractivity contribution in [1.29, 1.82) is 0 Å². The van der Waals surface area contributed by atoms with Crippen molar-refractivity contribution >= 4 is 11.7 Å². The molecular weight excluding hydrogens is 258 g/mol. The number of rotatable bonds is 2. The molecule has 0 aromatic carbocycles. The van der Waals surface area contributed by atoms with Gasteiger partial charge < -0.3 is 10.0 Å². The van der Waals surface area contributed by atoms with E-state index in [0.29, 0.717) is 17.9 Å². The molecule has 1 N–H and O–H groups in total. The van der Waals surface area contributed by atoms with Gasteiger partial charge in [0.1, 0.15) is 6.33 Å². The lowest BCUT2D eigenvalue weighted by atomic mass is 9.98. The van der Waals surface area contributed by atoms with Crippen molar-refractivity contribution in [2.24, 2.45) is 5.92 Å².